The Kier molecular flexibility index (Phi) is 7.53. The molecule has 1 atom stereocenters. The lowest BCUT2D eigenvalue weighted by Crippen LogP contribution is -2.46. The first kappa shape index (κ1) is 26.3. The zero-order valence-corrected chi connectivity index (χ0v) is 22.6. The molecule has 3 heterocycles. The molecule has 0 aliphatic carbocycles. The summed E-state index contributed by atoms with van der Waals surface area (Å²) in [5.41, 5.74) is 15.5. The topological polar surface area (TPSA) is 112 Å². The first-order valence-corrected chi connectivity index (χ1v) is 13.4. The Morgan fingerprint density at radius 1 is 1.00 bits per heavy atom. The van der Waals surface area contributed by atoms with Crippen LogP contribution in [0.5, 0.6) is 11.5 Å². The predicted molar refractivity (Wildman–Crippen MR) is 154 cm³/mol. The van der Waals surface area contributed by atoms with Gasteiger partial charge in [-0.1, -0.05) is 36.3 Å². The molecule has 39 heavy (non-hydrogen) atoms. The van der Waals surface area contributed by atoms with Gasteiger partial charge in [-0.3, -0.25) is 9.69 Å². The number of nitrogens with zero attached hydrogens (tertiary/aromatic N) is 4. The van der Waals surface area contributed by atoms with Gasteiger partial charge in [0.05, 0.1) is 11.4 Å². The number of hydrogen-bond donors (Lipinski definition) is 2. The number of fused-ring (bicyclic) bond motifs is 1. The van der Waals surface area contributed by atoms with Crippen molar-refractivity contribution in [3.63, 3.8) is 0 Å². The van der Waals surface area contributed by atoms with Crippen molar-refractivity contribution in [1.29, 1.82) is 0 Å². The molecule has 4 aromatic rings. The van der Waals surface area contributed by atoms with E-state index in [2.05, 4.69) is 45.1 Å². The third kappa shape index (κ3) is 5.45. The van der Waals surface area contributed by atoms with E-state index in [-0.39, 0.29) is 23.9 Å². The number of primary amides is 1. The largest absolute Gasteiger partial charge is 0.457 e. The molecule has 0 spiro atoms. The second kappa shape index (κ2) is 11.2. The highest BCUT2D eigenvalue weighted by molar-refractivity contribution is 6.03. The summed E-state index contributed by atoms with van der Waals surface area (Å²) in [5.74, 6) is 8.93. The SMILES string of the molecule is CC(C(N)=O)N1CCC(C#Cc2c(-c3ccc(Oc4ccccc4)cc3)c3c(N)ncnc3n2C(C)C)CC1. The molecule has 1 aliphatic heterocycles. The molecular formula is C31H34N6O2. The third-order valence-corrected chi connectivity index (χ3v) is 7.33. The van der Waals surface area contributed by atoms with Crippen molar-refractivity contribution < 1.29 is 9.53 Å². The zero-order valence-electron chi connectivity index (χ0n) is 22.6. The number of anilines is 1. The molecule has 200 valence electrons. The second-order valence-electron chi connectivity index (χ2n) is 10.2. The number of rotatable bonds is 6. The molecular weight excluding hydrogens is 488 g/mol. The van der Waals surface area contributed by atoms with Crippen molar-refractivity contribution >= 4 is 22.8 Å². The highest BCUT2D eigenvalue weighted by Crippen LogP contribution is 2.39. The van der Waals surface area contributed by atoms with Crippen molar-refractivity contribution in [2.45, 2.75) is 45.7 Å². The lowest BCUT2D eigenvalue weighted by atomic mass is 9.95. The van der Waals surface area contributed by atoms with Crippen LogP contribution in [0.3, 0.4) is 0 Å². The summed E-state index contributed by atoms with van der Waals surface area (Å²) in [5, 5.41) is 0.803. The molecule has 1 unspecified atom stereocenters. The van der Waals surface area contributed by atoms with Crippen LogP contribution in [0.25, 0.3) is 22.2 Å². The number of piperidine rings is 1. The number of para-hydroxylation sites is 1. The van der Waals surface area contributed by atoms with Gasteiger partial charge in [-0.05, 0) is 69.4 Å². The molecule has 1 aliphatic rings. The van der Waals surface area contributed by atoms with E-state index in [0.717, 1.165) is 65.3 Å². The van der Waals surface area contributed by atoms with E-state index in [4.69, 9.17) is 16.2 Å². The summed E-state index contributed by atoms with van der Waals surface area (Å²) in [4.78, 5) is 22.7. The number of amides is 1. The Labute approximate surface area is 229 Å². The van der Waals surface area contributed by atoms with Crippen LogP contribution in [0.1, 0.15) is 45.3 Å². The molecule has 0 radical (unpaired) electrons. The van der Waals surface area contributed by atoms with E-state index in [1.54, 1.807) is 0 Å². The van der Waals surface area contributed by atoms with E-state index < -0.39 is 0 Å². The number of carbonyl (C=O) groups is 1. The Hall–Kier alpha value is -4.35. The molecule has 1 fully saturated rings. The number of ether oxygens (including phenoxy) is 1. The molecule has 8 nitrogen and oxygen atoms in total. The summed E-state index contributed by atoms with van der Waals surface area (Å²) >= 11 is 0. The number of nitrogens with two attached hydrogens (primary N) is 2. The smallest absolute Gasteiger partial charge is 0.234 e. The Balaban J connectivity index is 1.52. The van der Waals surface area contributed by atoms with Gasteiger partial charge in [0.15, 0.2) is 0 Å². The lowest BCUT2D eigenvalue weighted by Gasteiger charge is -2.32. The highest BCUT2D eigenvalue weighted by Gasteiger charge is 2.26. The Morgan fingerprint density at radius 2 is 1.67 bits per heavy atom. The number of hydrogen-bond acceptors (Lipinski definition) is 6. The molecule has 4 N–H and O–H groups in total. The molecule has 1 amide bonds. The lowest BCUT2D eigenvalue weighted by molar-refractivity contribution is -0.123. The van der Waals surface area contributed by atoms with E-state index in [9.17, 15) is 4.79 Å². The van der Waals surface area contributed by atoms with Gasteiger partial charge in [0, 0.05) is 30.6 Å². The van der Waals surface area contributed by atoms with E-state index in [1.807, 2.05) is 61.5 Å². The fourth-order valence-electron chi connectivity index (χ4n) is 5.16. The Bertz CT molecular complexity index is 1520. The standard InChI is InChI=1S/C31H34N6O2/c1-20(2)37-26(14-9-22-15-17-36(18-16-22)21(3)30(33)38)27(28-29(32)34-19-35-31(28)37)23-10-12-25(13-11-23)39-24-7-5-4-6-8-24/h4-8,10-13,19-22H,15-18H2,1-3H3,(H2,33,38)(H2,32,34,35). The van der Waals surface area contributed by atoms with E-state index in [0.29, 0.717) is 5.82 Å². The number of aromatic nitrogens is 3. The minimum absolute atomic E-state index is 0.110. The van der Waals surface area contributed by atoms with Crippen LogP contribution in [0.15, 0.2) is 60.9 Å². The second-order valence-corrected chi connectivity index (χ2v) is 10.2. The number of likely N-dealkylation sites (tertiary alicyclic amines) is 1. The minimum Gasteiger partial charge on any atom is -0.457 e. The van der Waals surface area contributed by atoms with Crippen LogP contribution in [-0.2, 0) is 4.79 Å². The van der Waals surface area contributed by atoms with Crippen molar-refractivity contribution in [2.75, 3.05) is 18.8 Å². The van der Waals surface area contributed by atoms with Gasteiger partial charge in [-0.25, -0.2) is 9.97 Å². The average molecular weight is 523 g/mol. The summed E-state index contributed by atoms with van der Waals surface area (Å²) in [6.07, 6.45) is 3.27. The molecule has 1 saturated heterocycles. The summed E-state index contributed by atoms with van der Waals surface area (Å²) in [6, 6.07) is 17.5. The molecule has 8 heteroatoms. The van der Waals surface area contributed by atoms with Gasteiger partial charge in [0.2, 0.25) is 5.91 Å². The van der Waals surface area contributed by atoms with Crippen molar-refractivity contribution in [3.8, 4) is 34.5 Å². The van der Waals surface area contributed by atoms with Crippen LogP contribution in [0.2, 0.25) is 0 Å². The van der Waals surface area contributed by atoms with Gasteiger partial charge in [-0.15, -0.1) is 0 Å². The predicted octanol–water partition coefficient (Wildman–Crippen LogP) is 4.99. The number of benzene rings is 2. The molecule has 0 bridgehead atoms. The van der Waals surface area contributed by atoms with Gasteiger partial charge in [0.1, 0.15) is 35.0 Å². The van der Waals surface area contributed by atoms with E-state index in [1.165, 1.54) is 6.33 Å². The number of carbonyl (C=O) groups excluding carboxylic acids is 1. The summed E-state index contributed by atoms with van der Waals surface area (Å²) < 4.78 is 8.15. The van der Waals surface area contributed by atoms with Crippen LogP contribution < -0.4 is 16.2 Å². The maximum Gasteiger partial charge on any atom is 0.234 e. The summed E-state index contributed by atoms with van der Waals surface area (Å²) in [7, 11) is 0. The van der Waals surface area contributed by atoms with Crippen molar-refractivity contribution in [3.05, 3.63) is 66.6 Å². The third-order valence-electron chi connectivity index (χ3n) is 7.33. The molecule has 2 aromatic carbocycles. The first-order valence-electron chi connectivity index (χ1n) is 13.4. The number of nitrogen functional groups attached to an aromatic ring is 1. The fourth-order valence-corrected chi connectivity index (χ4v) is 5.16. The molecule has 0 saturated carbocycles. The van der Waals surface area contributed by atoms with Gasteiger partial charge in [0.25, 0.3) is 0 Å². The maximum absolute atomic E-state index is 11.6. The average Bonchev–Trinajstić information content (AvgIpc) is 3.28. The van der Waals surface area contributed by atoms with Crippen molar-refractivity contribution in [2.24, 2.45) is 11.7 Å². The maximum atomic E-state index is 11.6. The van der Waals surface area contributed by atoms with Crippen molar-refractivity contribution in [1.82, 2.24) is 19.4 Å². The minimum atomic E-state index is -0.287. The monoisotopic (exact) mass is 522 g/mol. The highest BCUT2D eigenvalue weighted by atomic mass is 16.5. The van der Waals surface area contributed by atoms with Gasteiger partial charge in [-0.2, -0.15) is 0 Å². The van der Waals surface area contributed by atoms with Crippen LogP contribution in [0, 0.1) is 17.8 Å². The Morgan fingerprint density at radius 3 is 2.31 bits per heavy atom. The van der Waals surface area contributed by atoms with Crippen LogP contribution in [-0.4, -0.2) is 44.5 Å². The zero-order chi connectivity index (χ0) is 27.5. The van der Waals surface area contributed by atoms with Gasteiger partial charge < -0.3 is 20.8 Å². The first-order chi connectivity index (χ1) is 18.8. The summed E-state index contributed by atoms with van der Waals surface area (Å²) in [6.45, 7) is 7.69. The van der Waals surface area contributed by atoms with E-state index >= 15 is 0 Å². The molecule has 5 rings (SSSR count). The quantitative estimate of drug-likeness (QED) is 0.345. The van der Waals surface area contributed by atoms with Crippen LogP contribution in [0.4, 0.5) is 5.82 Å². The van der Waals surface area contributed by atoms with Crippen LogP contribution >= 0.6 is 0 Å². The fraction of sp³-hybridized carbons (Fsp3) is 0.323. The van der Waals surface area contributed by atoms with Gasteiger partial charge >= 0.3 is 0 Å². The molecule has 2 aromatic heterocycles. The normalized spacial score (nSPS) is 15.2.